The average Bonchev–Trinajstić information content (AvgIpc) is 2.88. The lowest BCUT2D eigenvalue weighted by molar-refractivity contribution is -0.138. The highest BCUT2D eigenvalue weighted by atomic mass is 35.5. The number of nitrogens with one attached hydrogen (secondary N) is 2. The fraction of sp³-hybridized carbons (Fsp3) is 0.933. The fourth-order valence-corrected chi connectivity index (χ4v) is 3.05. The van der Waals surface area contributed by atoms with Gasteiger partial charge >= 0.3 is 0 Å². The van der Waals surface area contributed by atoms with Crippen molar-refractivity contribution in [2.24, 2.45) is 5.92 Å². The summed E-state index contributed by atoms with van der Waals surface area (Å²) in [7, 11) is 0. The molecule has 1 saturated carbocycles. The SMILES string of the molecule is CCC(OC1CCCCC1)C(=O)NCC1CNCC1O.Cl. The zero-order chi connectivity index (χ0) is 14.4. The maximum atomic E-state index is 12.2. The van der Waals surface area contributed by atoms with Gasteiger partial charge in [0.15, 0.2) is 0 Å². The predicted octanol–water partition coefficient (Wildman–Crippen LogP) is 1.23. The molecule has 3 atom stereocenters. The predicted molar refractivity (Wildman–Crippen MR) is 84.7 cm³/mol. The quantitative estimate of drug-likeness (QED) is 0.688. The Hall–Kier alpha value is -0.360. The van der Waals surface area contributed by atoms with E-state index in [0.29, 0.717) is 19.5 Å². The molecule has 0 aromatic carbocycles. The molecule has 1 aliphatic carbocycles. The van der Waals surface area contributed by atoms with Crippen LogP contribution in [0.3, 0.4) is 0 Å². The lowest BCUT2D eigenvalue weighted by Crippen LogP contribution is -2.42. The van der Waals surface area contributed by atoms with E-state index in [0.717, 1.165) is 19.4 Å². The number of amides is 1. The molecule has 0 aromatic rings. The van der Waals surface area contributed by atoms with E-state index in [1.807, 2.05) is 6.92 Å². The van der Waals surface area contributed by atoms with Gasteiger partial charge in [0.25, 0.3) is 0 Å². The third kappa shape index (κ3) is 5.74. The normalized spacial score (nSPS) is 27.9. The van der Waals surface area contributed by atoms with E-state index in [1.54, 1.807) is 0 Å². The molecular weight excluding hydrogens is 292 g/mol. The van der Waals surface area contributed by atoms with E-state index < -0.39 is 0 Å². The minimum atomic E-state index is -0.352. The van der Waals surface area contributed by atoms with Gasteiger partial charge in [-0.05, 0) is 19.3 Å². The molecule has 0 radical (unpaired) electrons. The summed E-state index contributed by atoms with van der Waals surface area (Å²) < 4.78 is 5.95. The Labute approximate surface area is 133 Å². The van der Waals surface area contributed by atoms with Gasteiger partial charge in [-0.2, -0.15) is 0 Å². The van der Waals surface area contributed by atoms with Crippen molar-refractivity contribution in [1.29, 1.82) is 0 Å². The van der Waals surface area contributed by atoms with Crippen molar-refractivity contribution in [3.63, 3.8) is 0 Å². The molecule has 1 aliphatic heterocycles. The highest BCUT2D eigenvalue weighted by molar-refractivity contribution is 5.85. The molecule has 0 spiro atoms. The van der Waals surface area contributed by atoms with Gasteiger partial charge in [-0.15, -0.1) is 12.4 Å². The second kappa shape index (κ2) is 9.62. The van der Waals surface area contributed by atoms with E-state index >= 15 is 0 Å². The molecule has 3 unspecified atom stereocenters. The molecular formula is C15H29ClN2O3. The van der Waals surface area contributed by atoms with Crippen LogP contribution in [-0.2, 0) is 9.53 Å². The number of β-amino-alcohol motifs (C(OH)–C–C–N with tert-alkyl or cyclic N) is 1. The Morgan fingerprint density at radius 3 is 2.62 bits per heavy atom. The van der Waals surface area contributed by atoms with Crippen LogP contribution in [0.4, 0.5) is 0 Å². The smallest absolute Gasteiger partial charge is 0.249 e. The van der Waals surface area contributed by atoms with E-state index in [2.05, 4.69) is 10.6 Å². The summed E-state index contributed by atoms with van der Waals surface area (Å²) in [6.07, 6.45) is 6.12. The van der Waals surface area contributed by atoms with Crippen LogP contribution in [0.25, 0.3) is 0 Å². The zero-order valence-electron chi connectivity index (χ0n) is 12.8. The minimum absolute atomic E-state index is 0. The second-order valence-corrected chi connectivity index (χ2v) is 6.02. The Bertz CT molecular complexity index is 311. The van der Waals surface area contributed by atoms with Crippen molar-refractivity contribution >= 4 is 18.3 Å². The summed E-state index contributed by atoms with van der Waals surface area (Å²) >= 11 is 0. The monoisotopic (exact) mass is 320 g/mol. The lowest BCUT2D eigenvalue weighted by atomic mass is 9.97. The van der Waals surface area contributed by atoms with Crippen LogP contribution >= 0.6 is 12.4 Å². The summed E-state index contributed by atoms with van der Waals surface area (Å²) in [4.78, 5) is 12.2. The maximum Gasteiger partial charge on any atom is 0.249 e. The van der Waals surface area contributed by atoms with Crippen molar-refractivity contribution in [2.45, 2.75) is 63.8 Å². The molecule has 124 valence electrons. The molecule has 3 N–H and O–H groups in total. The van der Waals surface area contributed by atoms with Crippen molar-refractivity contribution in [3.8, 4) is 0 Å². The van der Waals surface area contributed by atoms with E-state index in [-0.39, 0.29) is 42.5 Å². The Balaban J connectivity index is 0.00000220. The number of carbonyl (C=O) groups is 1. The fourth-order valence-electron chi connectivity index (χ4n) is 3.05. The van der Waals surface area contributed by atoms with Crippen LogP contribution in [0.2, 0.25) is 0 Å². The van der Waals surface area contributed by atoms with Gasteiger partial charge in [-0.1, -0.05) is 26.2 Å². The van der Waals surface area contributed by atoms with Crippen molar-refractivity contribution in [1.82, 2.24) is 10.6 Å². The molecule has 1 amide bonds. The van der Waals surface area contributed by atoms with Gasteiger partial charge in [0, 0.05) is 25.6 Å². The van der Waals surface area contributed by atoms with Crippen LogP contribution in [0.5, 0.6) is 0 Å². The summed E-state index contributed by atoms with van der Waals surface area (Å²) in [5, 5.41) is 15.8. The Morgan fingerprint density at radius 2 is 2.05 bits per heavy atom. The molecule has 0 aromatic heterocycles. The summed E-state index contributed by atoms with van der Waals surface area (Å²) in [5.74, 6) is 0.0864. The van der Waals surface area contributed by atoms with Gasteiger partial charge in [0.1, 0.15) is 6.10 Å². The van der Waals surface area contributed by atoms with Crippen LogP contribution in [0.15, 0.2) is 0 Å². The van der Waals surface area contributed by atoms with Crippen LogP contribution in [0, 0.1) is 5.92 Å². The maximum absolute atomic E-state index is 12.2. The number of ether oxygens (including phenoxy) is 1. The van der Waals surface area contributed by atoms with Gasteiger partial charge in [-0.25, -0.2) is 0 Å². The van der Waals surface area contributed by atoms with E-state index in [1.165, 1.54) is 19.3 Å². The number of hydrogen-bond donors (Lipinski definition) is 3. The van der Waals surface area contributed by atoms with Crippen molar-refractivity contribution in [2.75, 3.05) is 19.6 Å². The molecule has 0 bridgehead atoms. The first-order valence-corrected chi connectivity index (χ1v) is 8.02. The number of hydrogen-bond acceptors (Lipinski definition) is 4. The first-order valence-electron chi connectivity index (χ1n) is 8.02. The summed E-state index contributed by atoms with van der Waals surface area (Å²) in [6.45, 7) is 3.90. The van der Waals surface area contributed by atoms with Crippen LogP contribution in [0.1, 0.15) is 45.4 Å². The first kappa shape index (κ1) is 18.7. The number of carbonyl (C=O) groups excluding carboxylic acids is 1. The molecule has 21 heavy (non-hydrogen) atoms. The highest BCUT2D eigenvalue weighted by Gasteiger charge is 2.27. The third-order valence-corrected chi connectivity index (χ3v) is 4.41. The molecule has 2 aliphatic rings. The van der Waals surface area contributed by atoms with Crippen molar-refractivity contribution in [3.05, 3.63) is 0 Å². The van der Waals surface area contributed by atoms with Gasteiger partial charge in [0.2, 0.25) is 5.91 Å². The lowest BCUT2D eigenvalue weighted by Gasteiger charge is -2.27. The minimum Gasteiger partial charge on any atom is -0.391 e. The number of halogens is 1. The summed E-state index contributed by atoms with van der Waals surface area (Å²) in [6, 6.07) is 0. The van der Waals surface area contributed by atoms with Gasteiger partial charge in [0.05, 0.1) is 12.2 Å². The van der Waals surface area contributed by atoms with Crippen molar-refractivity contribution < 1.29 is 14.6 Å². The van der Waals surface area contributed by atoms with Crippen LogP contribution in [-0.4, -0.2) is 49.0 Å². The molecule has 6 heteroatoms. The van der Waals surface area contributed by atoms with E-state index in [4.69, 9.17) is 4.74 Å². The average molecular weight is 321 g/mol. The van der Waals surface area contributed by atoms with Crippen LogP contribution < -0.4 is 10.6 Å². The molecule has 1 saturated heterocycles. The largest absolute Gasteiger partial charge is 0.391 e. The Kier molecular flexibility index (Phi) is 8.56. The van der Waals surface area contributed by atoms with Gasteiger partial charge < -0.3 is 20.5 Å². The van der Waals surface area contributed by atoms with Gasteiger partial charge in [-0.3, -0.25) is 4.79 Å². The molecule has 2 fully saturated rings. The number of rotatable bonds is 6. The first-order chi connectivity index (χ1) is 9.70. The second-order valence-electron chi connectivity index (χ2n) is 6.02. The zero-order valence-corrected chi connectivity index (χ0v) is 13.7. The highest BCUT2D eigenvalue weighted by Crippen LogP contribution is 2.22. The molecule has 5 nitrogen and oxygen atoms in total. The number of aliphatic hydroxyl groups is 1. The standard InChI is InChI=1S/C15H28N2O3.ClH/c1-2-14(20-12-6-4-3-5-7-12)15(19)17-9-11-8-16-10-13(11)18;/h11-14,16,18H,2-10H2,1H3,(H,17,19);1H. The number of aliphatic hydroxyl groups excluding tert-OH is 1. The molecule has 2 rings (SSSR count). The van der Waals surface area contributed by atoms with E-state index in [9.17, 15) is 9.90 Å². The topological polar surface area (TPSA) is 70.6 Å². The summed E-state index contributed by atoms with van der Waals surface area (Å²) in [5.41, 5.74) is 0. The third-order valence-electron chi connectivity index (χ3n) is 4.41. The Morgan fingerprint density at radius 1 is 1.33 bits per heavy atom. The molecule has 1 heterocycles.